The SMILES string of the molecule is CC.CC1(C)CC2NC(=O)c3ccc4c(c3)[C@@H](CCC4(F)F)N3C(=O)CC(CCCCc4ccc(c2c4)O1)N=C3N. The van der Waals surface area contributed by atoms with Crippen molar-refractivity contribution in [2.45, 2.75) is 109 Å². The van der Waals surface area contributed by atoms with Crippen LogP contribution in [0, 0.1) is 0 Å². The fraction of sp³-hybridized carbons (Fsp3) is 0.531. The molecule has 0 fully saturated rings. The number of carbonyl (C=O) groups excluding carboxylic acids is 2. The van der Waals surface area contributed by atoms with Gasteiger partial charge in [-0.25, -0.2) is 13.8 Å². The van der Waals surface area contributed by atoms with Crippen LogP contribution in [0.15, 0.2) is 41.4 Å². The number of fused-ring (bicyclic) bond motifs is 5. The lowest BCUT2D eigenvalue weighted by molar-refractivity contribution is -0.131. The molecule has 3 atom stereocenters. The number of halogens is 2. The molecule has 2 amide bonds. The van der Waals surface area contributed by atoms with E-state index in [9.17, 15) is 9.59 Å². The number of nitrogens with one attached hydrogen (secondary N) is 1. The van der Waals surface area contributed by atoms with Gasteiger partial charge in [0.25, 0.3) is 11.8 Å². The van der Waals surface area contributed by atoms with E-state index in [1.165, 1.54) is 23.1 Å². The number of nitrogens with two attached hydrogens (primary N) is 1. The maximum Gasteiger partial charge on any atom is 0.273 e. The van der Waals surface area contributed by atoms with Crippen LogP contribution in [0.3, 0.4) is 0 Å². The molecule has 220 valence electrons. The zero-order valence-electron chi connectivity index (χ0n) is 24.3. The summed E-state index contributed by atoms with van der Waals surface area (Å²) in [5, 5.41) is 3.14. The van der Waals surface area contributed by atoms with Gasteiger partial charge in [-0.1, -0.05) is 38.5 Å². The molecule has 0 saturated carbocycles. The molecule has 41 heavy (non-hydrogen) atoms. The minimum absolute atomic E-state index is 0.0298. The van der Waals surface area contributed by atoms with Crippen LogP contribution < -0.4 is 15.8 Å². The summed E-state index contributed by atoms with van der Waals surface area (Å²) in [6, 6.07) is 9.15. The van der Waals surface area contributed by atoms with E-state index in [1.807, 2.05) is 33.8 Å². The number of nitrogens with zero attached hydrogens (tertiary/aromatic N) is 2. The predicted molar refractivity (Wildman–Crippen MR) is 154 cm³/mol. The molecular formula is C32H40F2N4O3. The molecule has 7 nitrogen and oxygen atoms in total. The number of aryl methyl sites for hydroxylation is 1. The Hall–Kier alpha value is -3.49. The molecule has 0 radical (unpaired) electrons. The van der Waals surface area contributed by atoms with Crippen molar-refractivity contribution in [3.05, 3.63) is 64.2 Å². The number of carbonyl (C=O) groups is 2. The second-order valence-corrected chi connectivity index (χ2v) is 11.9. The number of guanidine groups is 1. The average molecular weight is 567 g/mol. The molecule has 0 spiro atoms. The van der Waals surface area contributed by atoms with E-state index in [0.717, 1.165) is 42.6 Å². The number of rotatable bonds is 0. The summed E-state index contributed by atoms with van der Waals surface area (Å²) in [4.78, 5) is 32.8. The summed E-state index contributed by atoms with van der Waals surface area (Å²) < 4.78 is 36.3. The molecular weight excluding hydrogens is 526 g/mol. The lowest BCUT2D eigenvalue weighted by Gasteiger charge is -2.40. The number of ether oxygens (including phenoxy) is 1. The highest BCUT2D eigenvalue weighted by Gasteiger charge is 2.45. The van der Waals surface area contributed by atoms with Gasteiger partial charge in [0.2, 0.25) is 5.91 Å². The minimum atomic E-state index is -3.06. The summed E-state index contributed by atoms with van der Waals surface area (Å²) in [7, 11) is 0. The third kappa shape index (κ3) is 5.68. The zero-order chi connectivity index (χ0) is 29.5. The Labute approximate surface area is 240 Å². The van der Waals surface area contributed by atoms with Crippen LogP contribution in [0.25, 0.3) is 0 Å². The van der Waals surface area contributed by atoms with E-state index in [-0.39, 0.29) is 59.4 Å². The van der Waals surface area contributed by atoms with Crippen LogP contribution >= 0.6 is 0 Å². The Bertz CT molecular complexity index is 1370. The van der Waals surface area contributed by atoms with Crippen LogP contribution in [0.5, 0.6) is 5.75 Å². The van der Waals surface area contributed by atoms with Gasteiger partial charge in [0.1, 0.15) is 11.4 Å². The quantitative estimate of drug-likeness (QED) is 0.390. The van der Waals surface area contributed by atoms with Gasteiger partial charge in [0.15, 0.2) is 5.96 Å². The number of hydrogen-bond acceptors (Lipinski definition) is 5. The number of hydrogen-bond donors (Lipinski definition) is 2. The van der Waals surface area contributed by atoms with Gasteiger partial charge in [-0.15, -0.1) is 0 Å². The van der Waals surface area contributed by atoms with Crippen LogP contribution in [-0.2, 0) is 17.1 Å². The van der Waals surface area contributed by atoms with Crippen molar-refractivity contribution in [2.24, 2.45) is 10.7 Å². The maximum atomic E-state index is 15.0. The van der Waals surface area contributed by atoms with E-state index in [1.54, 1.807) is 0 Å². The highest BCUT2D eigenvalue weighted by molar-refractivity contribution is 5.99. The van der Waals surface area contributed by atoms with Crippen molar-refractivity contribution in [2.75, 3.05) is 0 Å². The van der Waals surface area contributed by atoms with Gasteiger partial charge in [-0.2, -0.15) is 0 Å². The smallest absolute Gasteiger partial charge is 0.273 e. The summed E-state index contributed by atoms with van der Waals surface area (Å²) in [5.41, 5.74) is 8.22. The lowest BCUT2D eigenvalue weighted by Crippen LogP contribution is -2.50. The highest BCUT2D eigenvalue weighted by Crippen LogP contribution is 2.47. The van der Waals surface area contributed by atoms with E-state index in [0.29, 0.717) is 6.42 Å². The Kier molecular flexibility index (Phi) is 7.83. The topological polar surface area (TPSA) is 97.0 Å². The fourth-order valence-corrected chi connectivity index (χ4v) is 6.55. The molecule has 2 aromatic carbocycles. The molecule has 9 heteroatoms. The Morgan fingerprint density at radius 2 is 1.83 bits per heavy atom. The van der Waals surface area contributed by atoms with Crippen molar-refractivity contribution >= 4 is 17.8 Å². The Morgan fingerprint density at radius 3 is 2.59 bits per heavy atom. The Morgan fingerprint density at radius 1 is 1.05 bits per heavy atom. The first-order valence-corrected chi connectivity index (χ1v) is 14.8. The van der Waals surface area contributed by atoms with E-state index in [4.69, 9.17) is 10.5 Å². The standard InChI is InChI=1S/C30H34F2N4O3.C2H6/c1-29(2)16-23-21-13-17(7-10-25(21)39-29)5-3-4-6-19-15-26(37)36(28(33)34-19)24-11-12-30(31,32)22-9-8-18(14-20(22)24)27(38)35-23;1-2/h7-10,13-14,19,23-24H,3-6,11-12,15-16H2,1-2H3,(H2,33,34)(H,35,38);1-2H3/t19?,23?,24-;/m1./s1. The fourth-order valence-electron chi connectivity index (χ4n) is 6.55. The van der Waals surface area contributed by atoms with Crippen molar-refractivity contribution in [3.63, 3.8) is 0 Å². The van der Waals surface area contributed by atoms with Gasteiger partial charge < -0.3 is 15.8 Å². The van der Waals surface area contributed by atoms with Crippen molar-refractivity contribution in [1.29, 1.82) is 0 Å². The molecule has 7 rings (SSSR count). The second kappa shape index (κ2) is 11.1. The van der Waals surface area contributed by atoms with Crippen molar-refractivity contribution in [3.8, 4) is 5.75 Å². The van der Waals surface area contributed by atoms with Crippen LogP contribution in [-0.4, -0.2) is 34.3 Å². The van der Waals surface area contributed by atoms with E-state index in [2.05, 4.69) is 22.4 Å². The summed E-state index contributed by atoms with van der Waals surface area (Å²) in [6.45, 7) is 7.97. The number of amides is 2. The molecule has 1 aliphatic carbocycles. The van der Waals surface area contributed by atoms with Gasteiger partial charge >= 0.3 is 0 Å². The largest absolute Gasteiger partial charge is 0.487 e. The van der Waals surface area contributed by atoms with E-state index < -0.39 is 24.0 Å². The summed E-state index contributed by atoms with van der Waals surface area (Å²) in [5.74, 6) is -2.83. The van der Waals surface area contributed by atoms with Gasteiger partial charge in [0.05, 0.1) is 18.1 Å². The molecule has 0 saturated heterocycles. The van der Waals surface area contributed by atoms with Crippen LogP contribution in [0.4, 0.5) is 8.78 Å². The highest BCUT2D eigenvalue weighted by atomic mass is 19.3. The first kappa shape index (κ1) is 29.0. The van der Waals surface area contributed by atoms with E-state index >= 15 is 8.78 Å². The predicted octanol–water partition coefficient (Wildman–Crippen LogP) is 6.31. The zero-order valence-corrected chi connectivity index (χ0v) is 24.3. The summed E-state index contributed by atoms with van der Waals surface area (Å²) in [6.07, 6.45) is 3.74. The van der Waals surface area contributed by atoms with Crippen molar-refractivity contribution < 1.29 is 23.1 Å². The maximum absolute atomic E-state index is 15.0. The monoisotopic (exact) mass is 566 g/mol. The second-order valence-electron chi connectivity index (χ2n) is 11.9. The molecule has 5 aliphatic rings. The number of benzene rings is 2. The third-order valence-corrected chi connectivity index (χ3v) is 8.44. The van der Waals surface area contributed by atoms with Crippen LogP contribution in [0.2, 0.25) is 0 Å². The number of aliphatic imine (C=N–C) groups is 1. The molecule has 4 aliphatic heterocycles. The van der Waals surface area contributed by atoms with Gasteiger partial charge in [0, 0.05) is 36.0 Å². The molecule has 2 unspecified atom stereocenters. The summed E-state index contributed by atoms with van der Waals surface area (Å²) >= 11 is 0. The first-order valence-electron chi connectivity index (χ1n) is 14.8. The molecule has 3 N–H and O–H groups in total. The van der Waals surface area contributed by atoms with Gasteiger partial charge in [-0.05, 0) is 68.9 Å². The molecule has 4 heterocycles. The Balaban J connectivity index is 0.00000165. The third-order valence-electron chi connectivity index (χ3n) is 8.44. The first-order chi connectivity index (χ1) is 19.5. The molecule has 6 bridgehead atoms. The van der Waals surface area contributed by atoms with Crippen molar-refractivity contribution in [1.82, 2.24) is 10.2 Å². The number of alkyl halides is 2. The van der Waals surface area contributed by atoms with Gasteiger partial charge in [-0.3, -0.25) is 14.5 Å². The molecule has 0 aromatic heterocycles. The minimum Gasteiger partial charge on any atom is -0.487 e. The average Bonchev–Trinajstić information content (AvgIpc) is 2.92. The van der Waals surface area contributed by atoms with Crippen LogP contribution in [0.1, 0.15) is 117 Å². The normalized spacial score (nSPS) is 26.3. The molecule has 2 aromatic rings. The lowest BCUT2D eigenvalue weighted by atomic mass is 9.82.